The van der Waals surface area contributed by atoms with E-state index in [1.807, 2.05) is 6.07 Å². The Hall–Kier alpha value is -2.38. The number of ether oxygens (including phenoxy) is 1. The number of carboxylic acids is 1. The van der Waals surface area contributed by atoms with Gasteiger partial charge in [0.25, 0.3) is 5.91 Å². The Bertz CT molecular complexity index is 745. The Balaban J connectivity index is 2.31. The van der Waals surface area contributed by atoms with Crippen molar-refractivity contribution in [3.8, 4) is 5.69 Å². The van der Waals surface area contributed by atoms with Crippen LogP contribution in [0.15, 0.2) is 30.3 Å². The Labute approximate surface area is 144 Å². The normalized spacial score (nSPS) is 10.6. The van der Waals surface area contributed by atoms with Crippen LogP contribution in [0.25, 0.3) is 5.69 Å². The van der Waals surface area contributed by atoms with Crippen LogP contribution in [0, 0.1) is 6.92 Å². The number of hydrogen-bond donors (Lipinski definition) is 1. The topological polar surface area (TPSA) is 84.7 Å². The second-order valence-electron chi connectivity index (χ2n) is 5.15. The van der Waals surface area contributed by atoms with E-state index in [1.54, 1.807) is 35.9 Å². The van der Waals surface area contributed by atoms with E-state index in [-0.39, 0.29) is 18.8 Å². The summed E-state index contributed by atoms with van der Waals surface area (Å²) in [6.45, 7) is 1.78. The first-order chi connectivity index (χ1) is 11.4. The number of rotatable bonds is 7. The molecule has 8 heteroatoms. The highest BCUT2D eigenvalue weighted by Gasteiger charge is 2.22. The number of hydrogen-bond acceptors (Lipinski definition) is 4. The minimum atomic E-state index is -1.10. The van der Waals surface area contributed by atoms with Crippen LogP contribution in [0.1, 0.15) is 16.2 Å². The van der Waals surface area contributed by atoms with Gasteiger partial charge in [-0.2, -0.15) is 5.10 Å². The summed E-state index contributed by atoms with van der Waals surface area (Å²) < 4.78 is 6.48. The number of carbonyl (C=O) groups excluding carboxylic acids is 1. The van der Waals surface area contributed by atoms with E-state index in [1.165, 1.54) is 12.0 Å². The molecule has 2 rings (SSSR count). The molecule has 0 spiro atoms. The van der Waals surface area contributed by atoms with Crippen LogP contribution in [0.2, 0.25) is 5.02 Å². The van der Waals surface area contributed by atoms with Gasteiger partial charge in [-0.25, -0.2) is 4.68 Å². The molecule has 1 aromatic carbocycles. The Morgan fingerprint density at radius 1 is 1.38 bits per heavy atom. The summed E-state index contributed by atoms with van der Waals surface area (Å²) in [4.78, 5) is 24.7. The Morgan fingerprint density at radius 3 is 2.71 bits per heavy atom. The molecule has 1 amide bonds. The van der Waals surface area contributed by atoms with Gasteiger partial charge >= 0.3 is 5.97 Å². The minimum absolute atomic E-state index is 0.157. The van der Waals surface area contributed by atoms with Gasteiger partial charge in [-0.1, -0.05) is 23.7 Å². The third-order valence-corrected chi connectivity index (χ3v) is 3.69. The molecule has 1 N–H and O–H groups in total. The van der Waals surface area contributed by atoms with Crippen molar-refractivity contribution in [3.63, 3.8) is 0 Å². The van der Waals surface area contributed by atoms with E-state index in [2.05, 4.69) is 5.10 Å². The molecule has 0 atom stereocenters. The molecule has 0 bridgehead atoms. The third kappa shape index (κ3) is 4.12. The average molecular weight is 352 g/mol. The summed E-state index contributed by atoms with van der Waals surface area (Å²) in [7, 11) is 1.49. The van der Waals surface area contributed by atoms with E-state index in [9.17, 15) is 9.59 Å². The lowest BCUT2D eigenvalue weighted by Crippen LogP contribution is -2.38. The molecule has 0 saturated carbocycles. The van der Waals surface area contributed by atoms with E-state index < -0.39 is 18.4 Å². The van der Waals surface area contributed by atoms with Crippen molar-refractivity contribution in [1.29, 1.82) is 0 Å². The number of aromatic nitrogens is 2. The third-order valence-electron chi connectivity index (χ3n) is 3.37. The lowest BCUT2D eigenvalue weighted by molar-refractivity contribution is -0.137. The zero-order valence-corrected chi connectivity index (χ0v) is 14.2. The lowest BCUT2D eigenvalue weighted by atomic mass is 10.3. The van der Waals surface area contributed by atoms with Crippen molar-refractivity contribution in [2.45, 2.75) is 6.92 Å². The van der Waals surface area contributed by atoms with Gasteiger partial charge in [0.2, 0.25) is 0 Å². The van der Waals surface area contributed by atoms with Gasteiger partial charge < -0.3 is 14.7 Å². The maximum atomic E-state index is 12.6. The maximum Gasteiger partial charge on any atom is 0.323 e. The van der Waals surface area contributed by atoms with Gasteiger partial charge in [0.1, 0.15) is 6.54 Å². The van der Waals surface area contributed by atoms with Crippen molar-refractivity contribution >= 4 is 23.5 Å². The molecule has 7 nitrogen and oxygen atoms in total. The average Bonchev–Trinajstić information content (AvgIpc) is 2.92. The molecule has 0 aliphatic carbocycles. The first-order valence-electron chi connectivity index (χ1n) is 7.25. The van der Waals surface area contributed by atoms with Crippen molar-refractivity contribution in [1.82, 2.24) is 14.7 Å². The molecular formula is C16H18ClN3O4. The van der Waals surface area contributed by atoms with Crippen LogP contribution in [-0.2, 0) is 9.53 Å². The molecular weight excluding hydrogens is 334 g/mol. The molecule has 24 heavy (non-hydrogen) atoms. The molecule has 0 saturated heterocycles. The van der Waals surface area contributed by atoms with Gasteiger partial charge in [0.15, 0.2) is 5.69 Å². The maximum absolute atomic E-state index is 12.6. The highest BCUT2D eigenvalue weighted by atomic mass is 35.5. The van der Waals surface area contributed by atoms with Gasteiger partial charge in [-0.05, 0) is 25.1 Å². The number of benzene rings is 1. The fraction of sp³-hybridized carbons (Fsp3) is 0.312. The summed E-state index contributed by atoms with van der Waals surface area (Å²) in [5.74, 6) is -1.56. The second kappa shape index (κ2) is 7.94. The van der Waals surface area contributed by atoms with E-state index in [4.69, 9.17) is 21.4 Å². The first-order valence-corrected chi connectivity index (χ1v) is 7.63. The molecule has 0 unspecified atom stereocenters. The molecule has 0 fully saturated rings. The fourth-order valence-corrected chi connectivity index (χ4v) is 2.44. The Morgan fingerprint density at radius 2 is 2.08 bits per heavy atom. The SMILES string of the molecule is COCCN(CC(=O)O)C(=O)c1cc(C)n(-c2ccccc2Cl)n1. The molecule has 2 aromatic rings. The predicted octanol–water partition coefficient (Wildman–Crippen LogP) is 2.01. The predicted molar refractivity (Wildman–Crippen MR) is 88.7 cm³/mol. The second-order valence-corrected chi connectivity index (χ2v) is 5.55. The quantitative estimate of drug-likeness (QED) is 0.824. The van der Waals surface area contributed by atoms with Gasteiger partial charge in [0, 0.05) is 19.3 Å². The van der Waals surface area contributed by atoms with E-state index >= 15 is 0 Å². The highest BCUT2D eigenvalue weighted by Crippen LogP contribution is 2.21. The van der Waals surface area contributed by atoms with Crippen LogP contribution in [0.4, 0.5) is 0 Å². The smallest absolute Gasteiger partial charge is 0.323 e. The van der Waals surface area contributed by atoms with Crippen LogP contribution < -0.4 is 0 Å². The van der Waals surface area contributed by atoms with Crippen LogP contribution in [0.3, 0.4) is 0 Å². The summed E-state index contributed by atoms with van der Waals surface area (Å²) in [6, 6.07) is 8.74. The monoisotopic (exact) mass is 351 g/mol. The minimum Gasteiger partial charge on any atom is -0.480 e. The number of amides is 1. The number of aryl methyl sites for hydroxylation is 1. The number of carboxylic acid groups (broad SMARTS) is 1. The highest BCUT2D eigenvalue weighted by molar-refractivity contribution is 6.32. The number of nitrogens with zero attached hydrogens (tertiary/aromatic N) is 3. The number of aliphatic carboxylic acids is 1. The number of carbonyl (C=O) groups is 2. The molecule has 1 heterocycles. The largest absolute Gasteiger partial charge is 0.480 e. The number of para-hydroxylation sites is 1. The molecule has 0 aliphatic heterocycles. The van der Waals surface area contributed by atoms with Crippen molar-refractivity contribution in [3.05, 3.63) is 46.7 Å². The van der Waals surface area contributed by atoms with Crippen molar-refractivity contribution in [2.24, 2.45) is 0 Å². The fourth-order valence-electron chi connectivity index (χ4n) is 2.23. The molecule has 128 valence electrons. The van der Waals surface area contributed by atoms with Crippen LogP contribution >= 0.6 is 11.6 Å². The van der Waals surface area contributed by atoms with E-state index in [0.29, 0.717) is 16.4 Å². The summed E-state index contributed by atoms with van der Waals surface area (Å²) in [6.07, 6.45) is 0. The lowest BCUT2D eigenvalue weighted by Gasteiger charge is -2.18. The Kier molecular flexibility index (Phi) is 5.94. The number of methoxy groups -OCH3 is 1. The number of halogens is 1. The van der Waals surface area contributed by atoms with E-state index in [0.717, 1.165) is 0 Å². The summed E-state index contributed by atoms with van der Waals surface area (Å²) >= 11 is 6.17. The molecule has 0 radical (unpaired) electrons. The standard InChI is InChI=1S/C16H18ClN3O4/c1-11-9-13(16(23)19(7-8-24-2)10-15(21)22)18-20(11)14-6-4-3-5-12(14)17/h3-6,9H,7-8,10H2,1-2H3,(H,21,22). The van der Waals surface area contributed by atoms with Crippen molar-refractivity contribution < 1.29 is 19.4 Å². The van der Waals surface area contributed by atoms with Gasteiger partial charge in [-0.3, -0.25) is 9.59 Å². The molecule has 0 aliphatic rings. The van der Waals surface area contributed by atoms with Crippen LogP contribution in [0.5, 0.6) is 0 Å². The van der Waals surface area contributed by atoms with Gasteiger partial charge in [-0.15, -0.1) is 0 Å². The molecule has 1 aromatic heterocycles. The summed E-state index contributed by atoms with van der Waals surface area (Å²) in [5, 5.41) is 13.8. The first kappa shape index (κ1) is 18.0. The summed E-state index contributed by atoms with van der Waals surface area (Å²) in [5.41, 5.74) is 1.52. The van der Waals surface area contributed by atoms with Gasteiger partial charge in [0.05, 0.1) is 17.3 Å². The zero-order valence-electron chi connectivity index (χ0n) is 13.4. The van der Waals surface area contributed by atoms with Crippen LogP contribution in [-0.4, -0.2) is 58.5 Å². The van der Waals surface area contributed by atoms with Crippen molar-refractivity contribution in [2.75, 3.05) is 26.8 Å². The zero-order chi connectivity index (χ0) is 17.7.